The first-order valence-corrected chi connectivity index (χ1v) is 6.94. The molecule has 5 heteroatoms. The van der Waals surface area contributed by atoms with Crippen LogP contribution in [0.15, 0.2) is 12.1 Å². The number of unbranched alkanes of at least 4 members (excludes halogenated alkanes) is 2. The van der Waals surface area contributed by atoms with Crippen LogP contribution in [-0.4, -0.2) is 23.4 Å². The fourth-order valence-corrected chi connectivity index (χ4v) is 2.03. The number of rotatable bonds is 6. The zero-order valence-electron chi connectivity index (χ0n) is 12.2. The highest BCUT2D eigenvalue weighted by atomic mass is 19.2. The van der Waals surface area contributed by atoms with Crippen molar-refractivity contribution in [3.05, 3.63) is 29.3 Å². The molecule has 0 aromatic heterocycles. The minimum absolute atomic E-state index is 0.0214. The second kappa shape index (κ2) is 7.22. The maximum Gasteiger partial charge on any atom is 0.256 e. The summed E-state index contributed by atoms with van der Waals surface area (Å²) in [7, 11) is 0. The molecule has 0 aliphatic heterocycles. The second-order valence-electron chi connectivity index (χ2n) is 5.15. The van der Waals surface area contributed by atoms with E-state index in [1.54, 1.807) is 4.90 Å². The first kappa shape index (κ1) is 16.4. The van der Waals surface area contributed by atoms with Gasteiger partial charge >= 0.3 is 0 Å². The van der Waals surface area contributed by atoms with Crippen LogP contribution in [0.5, 0.6) is 0 Å². The van der Waals surface area contributed by atoms with Crippen LogP contribution >= 0.6 is 0 Å². The molecule has 0 saturated carbocycles. The van der Waals surface area contributed by atoms with Crippen LogP contribution in [0.2, 0.25) is 0 Å². The maximum atomic E-state index is 13.3. The van der Waals surface area contributed by atoms with E-state index in [0.717, 1.165) is 31.4 Å². The lowest BCUT2D eigenvalue weighted by atomic mass is 10.1. The van der Waals surface area contributed by atoms with Crippen molar-refractivity contribution in [2.24, 2.45) is 0 Å². The van der Waals surface area contributed by atoms with Crippen LogP contribution in [-0.2, 0) is 0 Å². The third-order valence-electron chi connectivity index (χ3n) is 3.21. The Bertz CT molecular complexity index is 475. The fourth-order valence-electron chi connectivity index (χ4n) is 2.03. The lowest BCUT2D eigenvalue weighted by Crippen LogP contribution is -2.38. The van der Waals surface area contributed by atoms with Crippen LogP contribution < -0.4 is 5.73 Å². The Morgan fingerprint density at radius 1 is 1.25 bits per heavy atom. The first-order valence-electron chi connectivity index (χ1n) is 6.94. The van der Waals surface area contributed by atoms with Gasteiger partial charge < -0.3 is 10.6 Å². The Morgan fingerprint density at radius 2 is 1.85 bits per heavy atom. The minimum atomic E-state index is -1.06. The summed E-state index contributed by atoms with van der Waals surface area (Å²) < 4.78 is 26.3. The Hall–Kier alpha value is -1.65. The smallest absolute Gasteiger partial charge is 0.256 e. The number of nitrogen functional groups attached to an aromatic ring is 1. The third-order valence-corrected chi connectivity index (χ3v) is 3.21. The van der Waals surface area contributed by atoms with Gasteiger partial charge in [0.25, 0.3) is 5.91 Å². The van der Waals surface area contributed by atoms with Crippen molar-refractivity contribution >= 4 is 11.6 Å². The summed E-state index contributed by atoms with van der Waals surface area (Å²) in [5.74, 6) is -2.45. The molecular weight excluding hydrogens is 262 g/mol. The van der Waals surface area contributed by atoms with Gasteiger partial charge in [-0.05, 0) is 26.3 Å². The van der Waals surface area contributed by atoms with Crippen molar-refractivity contribution in [2.75, 3.05) is 12.3 Å². The Labute approximate surface area is 118 Å². The number of carbonyl (C=O) groups is 1. The number of nitrogens with two attached hydrogens (primary N) is 1. The van der Waals surface area contributed by atoms with Crippen molar-refractivity contribution in [3.8, 4) is 0 Å². The summed E-state index contributed by atoms with van der Waals surface area (Å²) in [6.45, 7) is 6.44. The molecule has 112 valence electrons. The van der Waals surface area contributed by atoms with Crippen molar-refractivity contribution < 1.29 is 13.6 Å². The molecule has 0 saturated heterocycles. The average molecular weight is 284 g/mol. The average Bonchev–Trinajstić information content (AvgIpc) is 2.38. The predicted molar refractivity (Wildman–Crippen MR) is 76.5 cm³/mol. The van der Waals surface area contributed by atoms with E-state index in [1.165, 1.54) is 0 Å². The molecular formula is C15H22F2N2O. The number of halogens is 2. The largest absolute Gasteiger partial charge is 0.398 e. The number of carbonyl (C=O) groups excluding carboxylic acids is 1. The van der Waals surface area contributed by atoms with E-state index >= 15 is 0 Å². The number of hydrogen-bond acceptors (Lipinski definition) is 2. The van der Waals surface area contributed by atoms with Gasteiger partial charge in [0.05, 0.1) is 5.56 Å². The van der Waals surface area contributed by atoms with Gasteiger partial charge in [-0.3, -0.25) is 4.79 Å². The Kier molecular flexibility index (Phi) is 5.92. The second-order valence-corrected chi connectivity index (χ2v) is 5.15. The molecule has 3 nitrogen and oxygen atoms in total. The summed E-state index contributed by atoms with van der Waals surface area (Å²) in [5.41, 5.74) is 5.62. The zero-order chi connectivity index (χ0) is 15.3. The fraction of sp³-hybridized carbons (Fsp3) is 0.533. The summed E-state index contributed by atoms with van der Waals surface area (Å²) in [5, 5.41) is 0. The van der Waals surface area contributed by atoms with Crippen molar-refractivity contribution in [3.63, 3.8) is 0 Å². The normalized spacial score (nSPS) is 10.9. The quantitative estimate of drug-likeness (QED) is 0.641. The van der Waals surface area contributed by atoms with Crippen LogP contribution in [0.25, 0.3) is 0 Å². The number of amides is 1. The van der Waals surface area contributed by atoms with Crippen LogP contribution in [0, 0.1) is 11.6 Å². The van der Waals surface area contributed by atoms with Crippen LogP contribution in [0.1, 0.15) is 50.4 Å². The molecule has 0 unspecified atom stereocenters. The van der Waals surface area contributed by atoms with E-state index in [9.17, 15) is 13.6 Å². The van der Waals surface area contributed by atoms with Gasteiger partial charge in [0, 0.05) is 24.3 Å². The van der Waals surface area contributed by atoms with Gasteiger partial charge in [0.15, 0.2) is 11.6 Å². The molecule has 20 heavy (non-hydrogen) atoms. The zero-order valence-corrected chi connectivity index (χ0v) is 12.2. The van der Waals surface area contributed by atoms with E-state index in [-0.39, 0.29) is 23.2 Å². The highest BCUT2D eigenvalue weighted by Crippen LogP contribution is 2.20. The maximum absolute atomic E-state index is 13.3. The minimum Gasteiger partial charge on any atom is -0.398 e. The Morgan fingerprint density at radius 3 is 2.40 bits per heavy atom. The number of benzene rings is 1. The Balaban J connectivity index is 2.97. The molecule has 1 aromatic rings. The van der Waals surface area contributed by atoms with Crippen LogP contribution in [0.3, 0.4) is 0 Å². The summed E-state index contributed by atoms with van der Waals surface area (Å²) >= 11 is 0. The highest BCUT2D eigenvalue weighted by molar-refractivity contribution is 5.99. The van der Waals surface area contributed by atoms with Gasteiger partial charge in [-0.25, -0.2) is 8.78 Å². The monoisotopic (exact) mass is 284 g/mol. The standard InChI is InChI=1S/C15H22F2N2O/c1-4-5-6-7-19(10(2)3)15(20)11-8-12(16)13(17)9-14(11)18/h8-10H,4-7,18H2,1-3H3. The molecule has 0 radical (unpaired) electrons. The molecule has 0 heterocycles. The molecule has 0 bridgehead atoms. The molecule has 1 rings (SSSR count). The molecule has 0 atom stereocenters. The van der Waals surface area contributed by atoms with Crippen LogP contribution in [0.4, 0.5) is 14.5 Å². The first-order chi connectivity index (χ1) is 9.38. The molecule has 2 N–H and O–H groups in total. The van der Waals surface area contributed by atoms with E-state index in [2.05, 4.69) is 6.92 Å². The van der Waals surface area contributed by atoms with Gasteiger partial charge in [0.1, 0.15) is 0 Å². The SMILES string of the molecule is CCCCCN(C(=O)c1cc(F)c(F)cc1N)C(C)C. The lowest BCUT2D eigenvalue weighted by Gasteiger charge is -2.27. The van der Waals surface area contributed by atoms with Gasteiger partial charge in [0.2, 0.25) is 0 Å². The molecule has 0 aliphatic rings. The van der Waals surface area contributed by atoms with Crippen molar-refractivity contribution in [1.29, 1.82) is 0 Å². The third kappa shape index (κ3) is 3.92. The van der Waals surface area contributed by atoms with Gasteiger partial charge in [-0.2, -0.15) is 0 Å². The molecule has 1 amide bonds. The van der Waals surface area contributed by atoms with Gasteiger partial charge in [-0.1, -0.05) is 19.8 Å². The van der Waals surface area contributed by atoms with Gasteiger partial charge in [-0.15, -0.1) is 0 Å². The summed E-state index contributed by atoms with van der Waals surface area (Å²) in [6.07, 6.45) is 2.95. The van der Waals surface area contributed by atoms with Crippen molar-refractivity contribution in [2.45, 2.75) is 46.1 Å². The molecule has 0 aliphatic carbocycles. The van der Waals surface area contributed by atoms with E-state index < -0.39 is 11.6 Å². The van der Waals surface area contributed by atoms with E-state index in [0.29, 0.717) is 6.54 Å². The molecule has 0 spiro atoms. The molecule has 0 fully saturated rings. The predicted octanol–water partition coefficient (Wildman–Crippen LogP) is 3.59. The summed E-state index contributed by atoms with van der Waals surface area (Å²) in [4.78, 5) is 14.1. The highest BCUT2D eigenvalue weighted by Gasteiger charge is 2.22. The van der Waals surface area contributed by atoms with Crippen molar-refractivity contribution in [1.82, 2.24) is 4.90 Å². The summed E-state index contributed by atoms with van der Waals surface area (Å²) in [6, 6.07) is 1.71. The number of anilines is 1. The topological polar surface area (TPSA) is 46.3 Å². The van der Waals surface area contributed by atoms with E-state index in [4.69, 9.17) is 5.73 Å². The van der Waals surface area contributed by atoms with E-state index in [1.807, 2.05) is 13.8 Å². The number of nitrogens with zero attached hydrogens (tertiary/aromatic N) is 1. The lowest BCUT2D eigenvalue weighted by molar-refractivity contribution is 0.0703. The number of hydrogen-bond donors (Lipinski definition) is 1. The molecule has 1 aromatic carbocycles.